The van der Waals surface area contributed by atoms with E-state index >= 15 is 0 Å². The molecule has 0 fully saturated rings. The predicted molar refractivity (Wildman–Crippen MR) is 109 cm³/mol. The van der Waals surface area contributed by atoms with Crippen molar-refractivity contribution in [2.45, 2.75) is 6.92 Å². The van der Waals surface area contributed by atoms with E-state index in [9.17, 15) is 9.18 Å². The summed E-state index contributed by atoms with van der Waals surface area (Å²) in [4.78, 5) is 16.5. The van der Waals surface area contributed by atoms with Crippen LogP contribution in [-0.2, 0) is 4.79 Å². The monoisotopic (exact) mass is 398 g/mol. The van der Waals surface area contributed by atoms with Gasteiger partial charge in [0.1, 0.15) is 5.82 Å². The molecule has 2 aromatic carbocycles. The van der Waals surface area contributed by atoms with E-state index in [1.165, 1.54) is 23.5 Å². The standard InChI is InChI=1S/C21H19FN2O3S/c1-3-4-14-5-10-18(19(11-14)26-2)27-12-20(25)24-21-23-17(13-28-21)15-6-8-16(22)9-7-15/h3-11,13H,12H2,1-2H3,(H,23,24,25)/b4-3+. The second-order valence-electron chi connectivity index (χ2n) is 5.79. The number of benzene rings is 2. The smallest absolute Gasteiger partial charge is 0.264 e. The van der Waals surface area contributed by atoms with Gasteiger partial charge in [0, 0.05) is 10.9 Å². The lowest BCUT2D eigenvalue weighted by atomic mass is 10.2. The molecule has 1 aromatic heterocycles. The Morgan fingerprint density at radius 1 is 1.21 bits per heavy atom. The molecule has 1 N–H and O–H groups in total. The zero-order valence-electron chi connectivity index (χ0n) is 15.4. The Balaban J connectivity index is 1.60. The lowest BCUT2D eigenvalue weighted by molar-refractivity contribution is -0.118. The van der Waals surface area contributed by atoms with Gasteiger partial charge < -0.3 is 9.47 Å². The second kappa shape index (κ2) is 9.14. The highest BCUT2D eigenvalue weighted by Crippen LogP contribution is 2.29. The number of carbonyl (C=O) groups is 1. The van der Waals surface area contributed by atoms with Crippen molar-refractivity contribution >= 4 is 28.5 Å². The van der Waals surface area contributed by atoms with Crippen LogP contribution >= 0.6 is 11.3 Å². The molecule has 3 rings (SSSR count). The van der Waals surface area contributed by atoms with E-state index in [0.717, 1.165) is 11.1 Å². The van der Waals surface area contributed by atoms with Crippen molar-refractivity contribution < 1.29 is 18.7 Å². The van der Waals surface area contributed by atoms with E-state index in [2.05, 4.69) is 10.3 Å². The maximum Gasteiger partial charge on any atom is 0.264 e. The van der Waals surface area contributed by atoms with E-state index in [0.29, 0.717) is 22.3 Å². The average molecular weight is 398 g/mol. The number of halogens is 1. The topological polar surface area (TPSA) is 60.5 Å². The van der Waals surface area contributed by atoms with E-state index < -0.39 is 0 Å². The van der Waals surface area contributed by atoms with Crippen LogP contribution < -0.4 is 14.8 Å². The maximum atomic E-state index is 13.0. The highest BCUT2D eigenvalue weighted by atomic mass is 32.1. The molecular weight excluding hydrogens is 379 g/mol. The van der Waals surface area contributed by atoms with Gasteiger partial charge >= 0.3 is 0 Å². The number of nitrogens with one attached hydrogen (secondary N) is 1. The van der Waals surface area contributed by atoms with Crippen LogP contribution in [0.25, 0.3) is 17.3 Å². The quantitative estimate of drug-likeness (QED) is 0.608. The van der Waals surface area contributed by atoms with Crippen molar-refractivity contribution in [3.8, 4) is 22.8 Å². The largest absolute Gasteiger partial charge is 0.493 e. The maximum absolute atomic E-state index is 13.0. The molecule has 0 atom stereocenters. The summed E-state index contributed by atoms with van der Waals surface area (Å²) in [6.45, 7) is 1.76. The number of carbonyl (C=O) groups excluding carboxylic acids is 1. The molecule has 1 amide bonds. The Morgan fingerprint density at radius 2 is 2.00 bits per heavy atom. The Kier molecular flexibility index (Phi) is 6.39. The molecular formula is C21H19FN2O3S. The molecule has 0 spiro atoms. The lowest BCUT2D eigenvalue weighted by Crippen LogP contribution is -2.20. The minimum Gasteiger partial charge on any atom is -0.493 e. The van der Waals surface area contributed by atoms with E-state index in [-0.39, 0.29) is 18.3 Å². The number of methoxy groups -OCH3 is 1. The van der Waals surface area contributed by atoms with Crippen molar-refractivity contribution in [1.29, 1.82) is 0 Å². The first-order chi connectivity index (χ1) is 13.6. The van der Waals surface area contributed by atoms with Crippen LogP contribution in [0.1, 0.15) is 12.5 Å². The number of allylic oxidation sites excluding steroid dienone is 1. The summed E-state index contributed by atoms with van der Waals surface area (Å²) in [5.74, 6) is 0.395. The van der Waals surface area contributed by atoms with Gasteiger partial charge in [-0.2, -0.15) is 0 Å². The fraction of sp³-hybridized carbons (Fsp3) is 0.143. The molecule has 144 valence electrons. The second-order valence-corrected chi connectivity index (χ2v) is 6.65. The molecule has 3 aromatic rings. The highest BCUT2D eigenvalue weighted by Gasteiger charge is 2.11. The lowest BCUT2D eigenvalue weighted by Gasteiger charge is -2.11. The molecule has 0 saturated carbocycles. The normalized spacial score (nSPS) is 10.8. The molecule has 1 heterocycles. The van der Waals surface area contributed by atoms with Crippen LogP contribution in [0.4, 0.5) is 9.52 Å². The molecule has 0 unspecified atom stereocenters. The number of aromatic nitrogens is 1. The first kappa shape index (κ1) is 19.6. The van der Waals surface area contributed by atoms with Gasteiger partial charge in [0.15, 0.2) is 23.2 Å². The van der Waals surface area contributed by atoms with Gasteiger partial charge in [0.05, 0.1) is 12.8 Å². The summed E-state index contributed by atoms with van der Waals surface area (Å²) < 4.78 is 23.9. The van der Waals surface area contributed by atoms with Crippen molar-refractivity contribution in [2.75, 3.05) is 19.0 Å². The van der Waals surface area contributed by atoms with Gasteiger partial charge in [-0.25, -0.2) is 9.37 Å². The zero-order chi connectivity index (χ0) is 19.9. The Morgan fingerprint density at radius 3 is 2.71 bits per heavy atom. The third-order valence-electron chi connectivity index (χ3n) is 3.80. The van der Waals surface area contributed by atoms with E-state index in [1.807, 2.05) is 31.2 Å². The van der Waals surface area contributed by atoms with Crippen LogP contribution in [-0.4, -0.2) is 24.6 Å². The first-order valence-corrected chi connectivity index (χ1v) is 9.42. The summed E-state index contributed by atoms with van der Waals surface area (Å²) >= 11 is 1.29. The predicted octanol–water partition coefficient (Wildman–Crippen LogP) is 5.01. The van der Waals surface area contributed by atoms with Gasteiger partial charge in [0.2, 0.25) is 0 Å². The first-order valence-electron chi connectivity index (χ1n) is 8.54. The number of thiazole rings is 1. The number of anilines is 1. The molecule has 0 radical (unpaired) electrons. The third-order valence-corrected chi connectivity index (χ3v) is 4.55. The minimum absolute atomic E-state index is 0.176. The number of hydrogen-bond acceptors (Lipinski definition) is 5. The number of rotatable bonds is 7. The third kappa shape index (κ3) is 4.95. The number of nitrogens with zero attached hydrogens (tertiary/aromatic N) is 1. The van der Waals surface area contributed by atoms with Crippen LogP contribution in [0.15, 0.2) is 53.9 Å². The fourth-order valence-corrected chi connectivity index (χ4v) is 3.22. The van der Waals surface area contributed by atoms with Crippen molar-refractivity contribution in [3.05, 3.63) is 65.3 Å². The molecule has 0 bridgehead atoms. The van der Waals surface area contributed by atoms with E-state index in [1.54, 1.807) is 30.7 Å². The Hall–Kier alpha value is -3.19. The summed E-state index contributed by atoms with van der Waals surface area (Å²) in [5, 5.41) is 4.95. The molecule has 7 heteroatoms. The number of amides is 1. The van der Waals surface area contributed by atoms with Gasteiger partial charge in [-0.3, -0.25) is 10.1 Å². The van der Waals surface area contributed by atoms with Crippen molar-refractivity contribution in [2.24, 2.45) is 0 Å². The molecule has 28 heavy (non-hydrogen) atoms. The van der Waals surface area contributed by atoms with Crippen LogP contribution in [0.5, 0.6) is 11.5 Å². The van der Waals surface area contributed by atoms with Crippen LogP contribution in [0.3, 0.4) is 0 Å². The summed E-state index contributed by atoms with van der Waals surface area (Å²) in [5.41, 5.74) is 2.43. The Bertz CT molecular complexity index is 984. The summed E-state index contributed by atoms with van der Waals surface area (Å²) in [6, 6.07) is 11.5. The van der Waals surface area contributed by atoms with Gasteiger partial charge in [-0.15, -0.1) is 11.3 Å². The summed E-state index contributed by atoms with van der Waals surface area (Å²) in [6.07, 6.45) is 3.87. The highest BCUT2D eigenvalue weighted by molar-refractivity contribution is 7.14. The minimum atomic E-state index is -0.334. The van der Waals surface area contributed by atoms with Crippen LogP contribution in [0.2, 0.25) is 0 Å². The molecule has 0 aliphatic rings. The van der Waals surface area contributed by atoms with Crippen molar-refractivity contribution in [1.82, 2.24) is 4.98 Å². The van der Waals surface area contributed by atoms with E-state index in [4.69, 9.17) is 9.47 Å². The molecule has 5 nitrogen and oxygen atoms in total. The SMILES string of the molecule is C/C=C/c1ccc(OCC(=O)Nc2nc(-c3ccc(F)cc3)cs2)c(OC)c1. The molecule has 0 saturated heterocycles. The van der Waals surface area contributed by atoms with Gasteiger partial charge in [0.25, 0.3) is 5.91 Å². The number of ether oxygens (including phenoxy) is 2. The van der Waals surface area contributed by atoms with Crippen LogP contribution in [0, 0.1) is 5.82 Å². The van der Waals surface area contributed by atoms with Crippen molar-refractivity contribution in [3.63, 3.8) is 0 Å². The molecule has 0 aliphatic heterocycles. The number of hydrogen-bond donors (Lipinski definition) is 1. The molecule has 0 aliphatic carbocycles. The zero-order valence-corrected chi connectivity index (χ0v) is 16.3. The van der Waals surface area contributed by atoms with Gasteiger partial charge in [-0.1, -0.05) is 18.2 Å². The average Bonchev–Trinajstić information content (AvgIpc) is 3.16. The Labute approximate surface area is 166 Å². The summed E-state index contributed by atoms with van der Waals surface area (Å²) in [7, 11) is 1.55. The fourth-order valence-electron chi connectivity index (χ4n) is 2.48. The van der Waals surface area contributed by atoms with Gasteiger partial charge in [-0.05, 0) is 48.9 Å².